The van der Waals surface area contributed by atoms with E-state index in [0.717, 1.165) is 16.7 Å². The summed E-state index contributed by atoms with van der Waals surface area (Å²) in [6.07, 6.45) is -0.900. The molecule has 158 valence electrons. The molecule has 0 aliphatic carbocycles. The summed E-state index contributed by atoms with van der Waals surface area (Å²) in [7, 11) is 0. The number of carbonyl (C=O) groups is 2. The number of amides is 1. The number of rotatable bonds is 6. The molecule has 1 heterocycles. The maximum atomic E-state index is 12.7. The minimum Gasteiger partial charge on any atom is -0.486 e. The van der Waals surface area contributed by atoms with Crippen LogP contribution >= 0.6 is 0 Å². The number of hydrogen-bond donors (Lipinski definition) is 1. The predicted octanol–water partition coefficient (Wildman–Crippen LogP) is 4.24. The fraction of sp³-hybridized carbons (Fsp3) is 0.200. The van der Waals surface area contributed by atoms with Crippen molar-refractivity contribution in [1.29, 1.82) is 0 Å². The normalized spacial score (nSPS) is 13.2. The molecular weight excluding hydrogens is 394 g/mol. The highest BCUT2D eigenvalue weighted by molar-refractivity contribution is 5.98. The van der Waals surface area contributed by atoms with Gasteiger partial charge in [0, 0.05) is 11.3 Å². The first-order valence-electron chi connectivity index (χ1n) is 10.1. The summed E-state index contributed by atoms with van der Waals surface area (Å²) in [5.74, 6) is 0.391. The maximum absolute atomic E-state index is 12.7. The zero-order chi connectivity index (χ0) is 21.6. The van der Waals surface area contributed by atoms with Crippen LogP contribution in [0.5, 0.6) is 11.5 Å². The van der Waals surface area contributed by atoms with Crippen molar-refractivity contribution < 1.29 is 23.8 Å². The predicted molar refractivity (Wildman–Crippen MR) is 117 cm³/mol. The van der Waals surface area contributed by atoms with Crippen molar-refractivity contribution >= 4 is 17.6 Å². The summed E-state index contributed by atoms with van der Waals surface area (Å²) in [6, 6.07) is 22.6. The van der Waals surface area contributed by atoms with E-state index in [1.807, 2.05) is 54.6 Å². The number of ether oxygens (including phenoxy) is 3. The summed E-state index contributed by atoms with van der Waals surface area (Å²) in [4.78, 5) is 25.0. The third kappa shape index (κ3) is 5.04. The molecule has 0 aromatic heterocycles. The van der Waals surface area contributed by atoms with Crippen LogP contribution in [-0.2, 0) is 20.7 Å². The lowest BCUT2D eigenvalue weighted by molar-refractivity contribution is -0.152. The Labute approximate surface area is 180 Å². The standard InChI is InChI=1S/C25H23NO5/c1-17(31-24(27)16-18-11-12-22-23(15-18)30-14-13-29-22)25(28)26-21-10-6-5-9-20(21)19-7-3-2-4-8-19/h2-12,15,17H,13-14,16H2,1H3,(H,26,28)/t17-/m0/s1. The quantitative estimate of drug-likeness (QED) is 0.608. The van der Waals surface area contributed by atoms with E-state index in [1.54, 1.807) is 25.1 Å². The third-order valence-electron chi connectivity index (χ3n) is 4.90. The lowest BCUT2D eigenvalue weighted by Crippen LogP contribution is -2.30. The van der Waals surface area contributed by atoms with E-state index < -0.39 is 12.1 Å². The smallest absolute Gasteiger partial charge is 0.311 e. The van der Waals surface area contributed by atoms with Gasteiger partial charge in [-0.05, 0) is 36.2 Å². The molecule has 6 heteroatoms. The molecule has 1 aliphatic heterocycles. The lowest BCUT2D eigenvalue weighted by atomic mass is 10.0. The minimum atomic E-state index is -0.937. The summed E-state index contributed by atoms with van der Waals surface area (Å²) < 4.78 is 16.4. The van der Waals surface area contributed by atoms with Crippen LogP contribution in [0.1, 0.15) is 12.5 Å². The van der Waals surface area contributed by atoms with Crippen LogP contribution in [0.15, 0.2) is 72.8 Å². The molecule has 0 fully saturated rings. The van der Waals surface area contributed by atoms with Crippen molar-refractivity contribution in [3.05, 3.63) is 78.4 Å². The zero-order valence-electron chi connectivity index (χ0n) is 17.2. The Morgan fingerprint density at radius 1 is 0.935 bits per heavy atom. The van der Waals surface area contributed by atoms with Gasteiger partial charge in [0.05, 0.1) is 6.42 Å². The number of benzene rings is 3. The van der Waals surface area contributed by atoms with Crippen LogP contribution in [0.4, 0.5) is 5.69 Å². The molecule has 0 bridgehead atoms. The van der Waals surface area contributed by atoms with Gasteiger partial charge in [0.25, 0.3) is 5.91 Å². The van der Waals surface area contributed by atoms with Gasteiger partial charge in [0.15, 0.2) is 17.6 Å². The first kappa shape index (κ1) is 20.5. The number of esters is 1. The van der Waals surface area contributed by atoms with E-state index in [9.17, 15) is 9.59 Å². The highest BCUT2D eigenvalue weighted by atomic mass is 16.6. The zero-order valence-corrected chi connectivity index (χ0v) is 17.2. The molecule has 0 spiro atoms. The first-order chi connectivity index (χ1) is 15.1. The molecule has 0 saturated carbocycles. The number of hydrogen-bond acceptors (Lipinski definition) is 5. The second-order valence-corrected chi connectivity index (χ2v) is 7.19. The molecule has 0 radical (unpaired) electrons. The Hall–Kier alpha value is -3.80. The molecule has 1 atom stereocenters. The van der Waals surface area contributed by atoms with E-state index >= 15 is 0 Å². The second kappa shape index (κ2) is 9.34. The molecular formula is C25H23NO5. The average Bonchev–Trinajstić information content (AvgIpc) is 2.80. The topological polar surface area (TPSA) is 73.9 Å². The van der Waals surface area contributed by atoms with Gasteiger partial charge in [-0.3, -0.25) is 9.59 Å². The fourth-order valence-electron chi connectivity index (χ4n) is 3.35. The molecule has 3 aromatic carbocycles. The molecule has 0 saturated heterocycles. The number of para-hydroxylation sites is 1. The number of anilines is 1. The monoisotopic (exact) mass is 417 g/mol. The average molecular weight is 417 g/mol. The minimum absolute atomic E-state index is 0.0366. The van der Waals surface area contributed by atoms with Crippen LogP contribution in [0.25, 0.3) is 11.1 Å². The molecule has 1 aliphatic rings. The SMILES string of the molecule is C[C@H](OC(=O)Cc1ccc2c(c1)OCCO2)C(=O)Nc1ccccc1-c1ccccc1. The Kier molecular flexibility index (Phi) is 6.17. The number of fused-ring (bicyclic) bond motifs is 1. The fourth-order valence-corrected chi connectivity index (χ4v) is 3.35. The highest BCUT2D eigenvalue weighted by Crippen LogP contribution is 2.31. The Balaban J connectivity index is 1.38. The Morgan fingerprint density at radius 2 is 1.65 bits per heavy atom. The van der Waals surface area contributed by atoms with Crippen molar-refractivity contribution in [2.45, 2.75) is 19.4 Å². The van der Waals surface area contributed by atoms with Gasteiger partial charge in [-0.2, -0.15) is 0 Å². The van der Waals surface area contributed by atoms with Gasteiger partial charge in [0.1, 0.15) is 13.2 Å². The van der Waals surface area contributed by atoms with Gasteiger partial charge in [-0.15, -0.1) is 0 Å². The van der Waals surface area contributed by atoms with Gasteiger partial charge >= 0.3 is 5.97 Å². The molecule has 4 rings (SSSR count). The van der Waals surface area contributed by atoms with Crippen molar-refractivity contribution in [2.75, 3.05) is 18.5 Å². The van der Waals surface area contributed by atoms with E-state index in [-0.39, 0.29) is 12.3 Å². The van der Waals surface area contributed by atoms with E-state index in [4.69, 9.17) is 14.2 Å². The van der Waals surface area contributed by atoms with Crippen LogP contribution in [-0.4, -0.2) is 31.2 Å². The van der Waals surface area contributed by atoms with Gasteiger partial charge < -0.3 is 19.5 Å². The molecule has 0 unspecified atom stereocenters. The van der Waals surface area contributed by atoms with E-state index in [0.29, 0.717) is 30.4 Å². The molecule has 1 amide bonds. The molecule has 1 N–H and O–H groups in total. The Bertz CT molecular complexity index is 1080. The van der Waals surface area contributed by atoms with E-state index in [2.05, 4.69) is 5.32 Å². The van der Waals surface area contributed by atoms with E-state index in [1.165, 1.54) is 0 Å². The summed E-state index contributed by atoms with van der Waals surface area (Å²) in [6.45, 7) is 2.54. The Morgan fingerprint density at radius 3 is 2.45 bits per heavy atom. The van der Waals surface area contributed by atoms with Gasteiger partial charge in [-0.1, -0.05) is 54.6 Å². The van der Waals surface area contributed by atoms with Crippen molar-refractivity contribution in [3.63, 3.8) is 0 Å². The number of nitrogens with one attached hydrogen (secondary N) is 1. The van der Waals surface area contributed by atoms with Crippen molar-refractivity contribution in [2.24, 2.45) is 0 Å². The summed E-state index contributed by atoms with van der Waals surface area (Å²) >= 11 is 0. The summed E-state index contributed by atoms with van der Waals surface area (Å²) in [5.41, 5.74) is 3.28. The lowest BCUT2D eigenvalue weighted by Gasteiger charge is -2.19. The van der Waals surface area contributed by atoms with Crippen LogP contribution in [0, 0.1) is 0 Å². The van der Waals surface area contributed by atoms with Crippen LogP contribution in [0.2, 0.25) is 0 Å². The van der Waals surface area contributed by atoms with Gasteiger partial charge in [0.2, 0.25) is 0 Å². The molecule has 31 heavy (non-hydrogen) atoms. The summed E-state index contributed by atoms with van der Waals surface area (Å²) in [5, 5.41) is 2.87. The highest BCUT2D eigenvalue weighted by Gasteiger charge is 2.20. The number of carbonyl (C=O) groups excluding carboxylic acids is 2. The largest absolute Gasteiger partial charge is 0.486 e. The van der Waals surface area contributed by atoms with Crippen molar-refractivity contribution in [3.8, 4) is 22.6 Å². The van der Waals surface area contributed by atoms with Crippen molar-refractivity contribution in [1.82, 2.24) is 0 Å². The molecule has 3 aromatic rings. The molecule has 6 nitrogen and oxygen atoms in total. The second-order valence-electron chi connectivity index (χ2n) is 7.19. The van der Waals surface area contributed by atoms with Crippen LogP contribution < -0.4 is 14.8 Å². The first-order valence-corrected chi connectivity index (χ1v) is 10.1. The maximum Gasteiger partial charge on any atom is 0.311 e. The van der Waals surface area contributed by atoms with Crippen LogP contribution in [0.3, 0.4) is 0 Å². The third-order valence-corrected chi connectivity index (χ3v) is 4.90. The van der Waals surface area contributed by atoms with Gasteiger partial charge in [-0.25, -0.2) is 0 Å².